The highest BCUT2D eigenvalue weighted by molar-refractivity contribution is 5.97. The molecule has 2 atom stereocenters. The maximum atomic E-state index is 13.8. The van der Waals surface area contributed by atoms with Gasteiger partial charge in [0.05, 0.1) is 24.6 Å². The second-order valence-corrected chi connectivity index (χ2v) is 9.70. The Kier molecular flexibility index (Phi) is 5.83. The Morgan fingerprint density at radius 2 is 1.84 bits per heavy atom. The lowest BCUT2D eigenvalue weighted by molar-refractivity contribution is -0.384. The highest BCUT2D eigenvalue weighted by Gasteiger charge is 2.48. The van der Waals surface area contributed by atoms with Gasteiger partial charge in [-0.15, -0.1) is 0 Å². The average molecular weight is 511 g/mol. The second kappa shape index (κ2) is 9.33. The van der Waals surface area contributed by atoms with Crippen molar-refractivity contribution in [3.8, 4) is 5.75 Å². The third-order valence-corrected chi connectivity index (χ3v) is 7.57. The van der Waals surface area contributed by atoms with E-state index >= 15 is 0 Å². The van der Waals surface area contributed by atoms with E-state index in [0.29, 0.717) is 24.9 Å². The number of fused-ring (bicyclic) bond motifs is 4. The summed E-state index contributed by atoms with van der Waals surface area (Å²) in [5.41, 5.74) is 4.27. The van der Waals surface area contributed by atoms with E-state index < -0.39 is 17.0 Å². The molecule has 1 unspecified atom stereocenters. The fourth-order valence-corrected chi connectivity index (χ4v) is 5.72. The number of H-pyrrole nitrogens is 1. The highest BCUT2D eigenvalue weighted by atomic mass is 16.6. The van der Waals surface area contributed by atoms with Crippen LogP contribution >= 0.6 is 0 Å². The number of aromatic amines is 1. The number of piperazine rings is 1. The van der Waals surface area contributed by atoms with Gasteiger partial charge in [0.1, 0.15) is 11.8 Å². The summed E-state index contributed by atoms with van der Waals surface area (Å²) in [6.45, 7) is 0.385. The lowest BCUT2D eigenvalue weighted by atomic mass is 9.86. The van der Waals surface area contributed by atoms with Gasteiger partial charge in [-0.05, 0) is 41.3 Å². The molecule has 38 heavy (non-hydrogen) atoms. The zero-order chi connectivity index (χ0) is 26.4. The van der Waals surface area contributed by atoms with Crippen LogP contribution in [0.5, 0.6) is 5.75 Å². The van der Waals surface area contributed by atoms with Gasteiger partial charge in [-0.2, -0.15) is 0 Å². The number of nitrogens with one attached hydrogen (secondary N) is 1. The van der Waals surface area contributed by atoms with Crippen molar-refractivity contribution in [2.24, 2.45) is 0 Å². The third-order valence-electron chi connectivity index (χ3n) is 7.57. The molecule has 9 heteroatoms. The number of amides is 2. The van der Waals surface area contributed by atoms with E-state index in [2.05, 4.69) is 4.98 Å². The Morgan fingerprint density at radius 1 is 1.05 bits per heavy atom. The molecule has 0 spiro atoms. The minimum absolute atomic E-state index is 0.0352. The maximum absolute atomic E-state index is 13.8. The molecule has 9 nitrogen and oxygen atoms in total. The molecule has 2 aliphatic heterocycles. The minimum atomic E-state index is -0.692. The van der Waals surface area contributed by atoms with E-state index in [9.17, 15) is 19.7 Å². The van der Waals surface area contributed by atoms with E-state index in [4.69, 9.17) is 4.74 Å². The van der Waals surface area contributed by atoms with Crippen LogP contribution < -0.4 is 4.74 Å². The Labute approximate surface area is 218 Å². The number of para-hydroxylation sites is 1. The third kappa shape index (κ3) is 3.96. The van der Waals surface area contributed by atoms with Crippen LogP contribution in [0.15, 0.2) is 72.8 Å². The molecule has 0 aliphatic carbocycles. The van der Waals surface area contributed by atoms with Gasteiger partial charge >= 0.3 is 0 Å². The summed E-state index contributed by atoms with van der Waals surface area (Å²) < 4.78 is 5.22. The zero-order valence-corrected chi connectivity index (χ0v) is 20.8. The second-order valence-electron chi connectivity index (χ2n) is 9.70. The first-order chi connectivity index (χ1) is 18.4. The molecule has 3 heterocycles. The molecule has 0 saturated carbocycles. The van der Waals surface area contributed by atoms with Gasteiger partial charge in [-0.25, -0.2) is 0 Å². The first kappa shape index (κ1) is 23.7. The van der Waals surface area contributed by atoms with Crippen LogP contribution in [-0.2, 0) is 22.4 Å². The topological polar surface area (TPSA) is 109 Å². The fourth-order valence-electron chi connectivity index (χ4n) is 5.72. The van der Waals surface area contributed by atoms with Crippen molar-refractivity contribution < 1.29 is 19.2 Å². The van der Waals surface area contributed by atoms with Crippen LogP contribution in [0.25, 0.3) is 10.9 Å². The number of nitrogens with zero attached hydrogens (tertiary/aromatic N) is 3. The summed E-state index contributed by atoms with van der Waals surface area (Å²) in [5.74, 6) is 0.479. The van der Waals surface area contributed by atoms with Gasteiger partial charge in [0, 0.05) is 41.7 Å². The van der Waals surface area contributed by atoms with E-state index in [1.807, 2.05) is 48.5 Å². The lowest BCUT2D eigenvalue weighted by Gasteiger charge is -2.47. The van der Waals surface area contributed by atoms with Crippen LogP contribution in [0.3, 0.4) is 0 Å². The number of rotatable bonds is 6. The van der Waals surface area contributed by atoms with Gasteiger partial charge in [-0.1, -0.05) is 42.5 Å². The van der Waals surface area contributed by atoms with Crippen LogP contribution in [-0.4, -0.2) is 57.8 Å². The molecule has 1 aromatic heterocycles. The van der Waals surface area contributed by atoms with Gasteiger partial charge in [0.2, 0.25) is 11.8 Å². The van der Waals surface area contributed by atoms with Gasteiger partial charge in [0.25, 0.3) is 5.69 Å². The molecular formula is C29H26N4O5. The number of hydrogen-bond donors (Lipinski definition) is 1. The lowest BCUT2D eigenvalue weighted by Crippen LogP contribution is -2.63. The number of methoxy groups -OCH3 is 1. The van der Waals surface area contributed by atoms with Crippen molar-refractivity contribution in [2.75, 3.05) is 20.2 Å². The molecule has 192 valence electrons. The van der Waals surface area contributed by atoms with Crippen molar-refractivity contribution >= 4 is 28.4 Å². The van der Waals surface area contributed by atoms with Crippen LogP contribution in [0, 0.1) is 10.1 Å². The Hall–Kier alpha value is -4.66. The molecule has 2 amide bonds. The predicted octanol–water partition coefficient (Wildman–Crippen LogP) is 4.01. The van der Waals surface area contributed by atoms with Crippen molar-refractivity contribution in [1.82, 2.24) is 14.8 Å². The summed E-state index contributed by atoms with van der Waals surface area (Å²) in [4.78, 5) is 45.3. The number of nitro benzene ring substituents is 1. The number of carbonyl (C=O) groups excluding carboxylic acids is 2. The number of benzene rings is 3. The Bertz CT molecular complexity index is 1560. The number of aromatic nitrogens is 1. The van der Waals surface area contributed by atoms with E-state index in [-0.39, 0.29) is 24.0 Å². The predicted molar refractivity (Wildman–Crippen MR) is 141 cm³/mol. The minimum Gasteiger partial charge on any atom is -0.497 e. The van der Waals surface area contributed by atoms with E-state index in [0.717, 1.165) is 33.5 Å². The summed E-state index contributed by atoms with van der Waals surface area (Å²) in [7, 11) is 1.61. The number of ether oxygens (including phenoxy) is 1. The summed E-state index contributed by atoms with van der Waals surface area (Å²) in [6.07, 6.45) is 0.997. The molecule has 1 saturated heterocycles. The monoisotopic (exact) mass is 510 g/mol. The van der Waals surface area contributed by atoms with Crippen molar-refractivity contribution in [3.05, 3.63) is 105 Å². The first-order valence-corrected chi connectivity index (χ1v) is 12.5. The largest absolute Gasteiger partial charge is 0.497 e. The van der Waals surface area contributed by atoms with Crippen molar-refractivity contribution in [1.29, 1.82) is 0 Å². The van der Waals surface area contributed by atoms with Crippen molar-refractivity contribution in [3.63, 3.8) is 0 Å². The smallest absolute Gasteiger partial charge is 0.269 e. The van der Waals surface area contributed by atoms with Crippen molar-refractivity contribution in [2.45, 2.75) is 24.9 Å². The quantitative estimate of drug-likeness (QED) is 0.311. The summed E-state index contributed by atoms with van der Waals surface area (Å²) in [6, 6.07) is 20.5. The molecule has 0 radical (unpaired) electrons. The molecule has 2 aliphatic rings. The zero-order valence-electron chi connectivity index (χ0n) is 20.8. The van der Waals surface area contributed by atoms with Crippen LogP contribution in [0.4, 0.5) is 5.69 Å². The van der Waals surface area contributed by atoms with E-state index in [1.54, 1.807) is 29.0 Å². The molecule has 1 fully saturated rings. The SMILES string of the molecule is COc1ccc(CCN2CC(=O)N3C(c4cccc([N+](=O)[O-])c4)c4[nH]c5ccccc5c4C[C@@H]3C2=O)cc1. The summed E-state index contributed by atoms with van der Waals surface area (Å²) >= 11 is 0. The average Bonchev–Trinajstić information content (AvgIpc) is 3.31. The highest BCUT2D eigenvalue weighted by Crippen LogP contribution is 2.43. The molecule has 1 N–H and O–H groups in total. The van der Waals surface area contributed by atoms with Crippen LogP contribution in [0.2, 0.25) is 0 Å². The van der Waals surface area contributed by atoms with Gasteiger partial charge < -0.3 is 19.5 Å². The normalized spacial score (nSPS) is 18.9. The number of hydrogen-bond acceptors (Lipinski definition) is 5. The standard InChI is InChI=1S/C29H26N4O5/c1-38-21-11-9-18(10-12-21)13-14-31-17-26(34)32-25(29(31)35)16-23-22-7-2-3-8-24(22)30-27(23)28(32)19-5-4-6-20(15-19)33(36)37/h2-12,15,25,28,30H,13-14,16-17H2,1H3/t25-,28?/m1/s1. The number of carbonyl (C=O) groups is 2. The molecular weight excluding hydrogens is 484 g/mol. The van der Waals surface area contributed by atoms with Gasteiger partial charge in [0.15, 0.2) is 0 Å². The van der Waals surface area contributed by atoms with Crippen LogP contribution in [0.1, 0.15) is 28.4 Å². The molecule has 6 rings (SSSR count). The summed E-state index contributed by atoms with van der Waals surface area (Å²) in [5, 5.41) is 12.5. The van der Waals surface area contributed by atoms with E-state index in [1.165, 1.54) is 12.1 Å². The number of non-ortho nitro benzene ring substituents is 1. The Morgan fingerprint density at radius 3 is 2.61 bits per heavy atom. The van der Waals surface area contributed by atoms with Gasteiger partial charge in [-0.3, -0.25) is 19.7 Å². The first-order valence-electron chi connectivity index (χ1n) is 12.5. The maximum Gasteiger partial charge on any atom is 0.269 e. The number of nitro groups is 1. The molecule has 0 bridgehead atoms. The fraction of sp³-hybridized carbons (Fsp3) is 0.241. The molecule has 4 aromatic rings. The Balaban J connectivity index is 1.37. The molecule has 3 aromatic carbocycles.